The summed E-state index contributed by atoms with van der Waals surface area (Å²) in [5.41, 5.74) is 0. The maximum absolute atomic E-state index is 5.57. The second kappa shape index (κ2) is 7.74. The Morgan fingerprint density at radius 2 is 2.12 bits per heavy atom. The summed E-state index contributed by atoms with van der Waals surface area (Å²) in [6.45, 7) is 9.22. The van der Waals surface area contributed by atoms with Crippen molar-refractivity contribution in [3.63, 3.8) is 0 Å². The molecule has 0 aromatic heterocycles. The molecule has 2 atom stereocenters. The van der Waals surface area contributed by atoms with Gasteiger partial charge in [-0.15, -0.1) is 6.42 Å². The molecule has 0 aromatic rings. The van der Waals surface area contributed by atoms with Crippen LogP contribution in [-0.4, -0.2) is 36.1 Å². The van der Waals surface area contributed by atoms with Gasteiger partial charge in [0.05, 0.1) is 6.04 Å². The smallest absolute Gasteiger partial charge is 0.0688 e. The molecule has 0 aliphatic carbocycles. The lowest BCUT2D eigenvalue weighted by atomic mass is 10.1. The molecule has 0 radical (unpaired) electrons. The molecule has 0 amide bonds. The minimum absolute atomic E-state index is 0.274. The van der Waals surface area contributed by atoms with E-state index in [1.807, 2.05) is 0 Å². The summed E-state index contributed by atoms with van der Waals surface area (Å²) < 4.78 is 0. The van der Waals surface area contributed by atoms with Crippen LogP contribution in [0.3, 0.4) is 0 Å². The lowest BCUT2D eigenvalue weighted by Crippen LogP contribution is -2.38. The summed E-state index contributed by atoms with van der Waals surface area (Å²) >= 11 is 0. The zero-order chi connectivity index (χ0) is 12.7. The number of nitrogens with one attached hydrogen (secondary N) is 1. The van der Waals surface area contributed by atoms with Gasteiger partial charge in [-0.1, -0.05) is 19.3 Å². The molecule has 0 spiro atoms. The van der Waals surface area contributed by atoms with Gasteiger partial charge in [-0.25, -0.2) is 0 Å². The summed E-state index contributed by atoms with van der Waals surface area (Å²) in [6, 6.07) is 1.56. The van der Waals surface area contributed by atoms with Crippen molar-refractivity contribution < 1.29 is 0 Å². The highest BCUT2D eigenvalue weighted by molar-refractivity contribution is 4.99. The van der Waals surface area contributed by atoms with Crippen LogP contribution in [0.5, 0.6) is 0 Å². The first-order chi connectivity index (χ1) is 8.17. The third kappa shape index (κ3) is 5.10. The molecule has 0 bridgehead atoms. The van der Waals surface area contributed by atoms with Crippen molar-refractivity contribution in [1.82, 2.24) is 10.2 Å². The molecule has 1 saturated heterocycles. The first-order valence-electron chi connectivity index (χ1n) is 7.13. The predicted octanol–water partition coefficient (Wildman–Crippen LogP) is 2.64. The average molecular weight is 236 g/mol. The fourth-order valence-corrected chi connectivity index (χ4v) is 2.59. The molecule has 1 rings (SSSR count). The number of hydrogen-bond acceptors (Lipinski definition) is 2. The van der Waals surface area contributed by atoms with Gasteiger partial charge in [0, 0.05) is 12.1 Å². The third-order valence-electron chi connectivity index (χ3n) is 3.71. The van der Waals surface area contributed by atoms with Gasteiger partial charge in [-0.3, -0.25) is 0 Å². The van der Waals surface area contributed by atoms with Crippen LogP contribution in [-0.2, 0) is 0 Å². The number of likely N-dealkylation sites (tertiary alicyclic amines) is 1. The van der Waals surface area contributed by atoms with Crippen LogP contribution in [0.4, 0.5) is 0 Å². The van der Waals surface area contributed by atoms with Gasteiger partial charge in [0.25, 0.3) is 0 Å². The SMILES string of the molecule is C#CC(CCC)NC1CCCN(C(C)C)CC1. The van der Waals surface area contributed by atoms with Gasteiger partial charge in [0.15, 0.2) is 0 Å². The molecular weight excluding hydrogens is 208 g/mol. The van der Waals surface area contributed by atoms with Crippen molar-refractivity contribution in [2.45, 2.75) is 71.0 Å². The van der Waals surface area contributed by atoms with Gasteiger partial charge < -0.3 is 10.2 Å². The third-order valence-corrected chi connectivity index (χ3v) is 3.71. The second-order valence-corrected chi connectivity index (χ2v) is 5.43. The van der Waals surface area contributed by atoms with E-state index in [2.05, 4.69) is 36.9 Å². The predicted molar refractivity (Wildman–Crippen MR) is 75.0 cm³/mol. The van der Waals surface area contributed by atoms with E-state index < -0.39 is 0 Å². The Hall–Kier alpha value is -0.520. The topological polar surface area (TPSA) is 15.3 Å². The first kappa shape index (κ1) is 14.5. The van der Waals surface area contributed by atoms with Crippen molar-refractivity contribution in [2.24, 2.45) is 0 Å². The van der Waals surface area contributed by atoms with E-state index in [0.29, 0.717) is 12.1 Å². The van der Waals surface area contributed by atoms with E-state index in [1.54, 1.807) is 0 Å². The van der Waals surface area contributed by atoms with E-state index in [-0.39, 0.29) is 6.04 Å². The minimum Gasteiger partial charge on any atom is -0.301 e. The normalized spacial score (nSPS) is 24.3. The maximum atomic E-state index is 5.57. The molecule has 1 aliphatic rings. The van der Waals surface area contributed by atoms with Crippen molar-refractivity contribution in [1.29, 1.82) is 0 Å². The molecule has 1 N–H and O–H groups in total. The van der Waals surface area contributed by atoms with Crippen molar-refractivity contribution in [3.05, 3.63) is 0 Å². The van der Waals surface area contributed by atoms with Crippen LogP contribution in [0.15, 0.2) is 0 Å². The fraction of sp³-hybridized carbons (Fsp3) is 0.867. The zero-order valence-electron chi connectivity index (χ0n) is 11.7. The Morgan fingerprint density at radius 1 is 1.35 bits per heavy atom. The first-order valence-corrected chi connectivity index (χ1v) is 7.13. The van der Waals surface area contributed by atoms with E-state index >= 15 is 0 Å². The molecule has 2 heteroatoms. The van der Waals surface area contributed by atoms with E-state index in [9.17, 15) is 0 Å². The quantitative estimate of drug-likeness (QED) is 0.738. The molecule has 2 nitrogen and oxygen atoms in total. The van der Waals surface area contributed by atoms with Gasteiger partial charge in [0.2, 0.25) is 0 Å². The highest BCUT2D eigenvalue weighted by Gasteiger charge is 2.19. The van der Waals surface area contributed by atoms with E-state index in [0.717, 1.165) is 12.8 Å². The zero-order valence-corrected chi connectivity index (χ0v) is 11.7. The molecule has 98 valence electrons. The fourth-order valence-electron chi connectivity index (χ4n) is 2.59. The lowest BCUT2D eigenvalue weighted by molar-refractivity contribution is 0.228. The largest absolute Gasteiger partial charge is 0.301 e. The molecule has 2 unspecified atom stereocenters. The molecule has 1 fully saturated rings. The summed E-state index contributed by atoms with van der Waals surface area (Å²) in [4.78, 5) is 2.58. The van der Waals surface area contributed by atoms with Crippen LogP contribution in [0.25, 0.3) is 0 Å². The van der Waals surface area contributed by atoms with E-state index in [4.69, 9.17) is 6.42 Å². The Morgan fingerprint density at radius 3 is 2.71 bits per heavy atom. The summed E-state index contributed by atoms with van der Waals surface area (Å²) in [5.74, 6) is 2.88. The molecule has 1 aliphatic heterocycles. The van der Waals surface area contributed by atoms with Crippen molar-refractivity contribution in [3.8, 4) is 12.3 Å². The molecule has 0 saturated carbocycles. The standard InChI is InChI=1S/C15H28N2/c1-5-8-14(6-2)16-15-9-7-11-17(12-10-15)13(3)4/h2,13-16H,5,7-12H2,1,3-4H3. The van der Waals surface area contributed by atoms with Crippen LogP contribution >= 0.6 is 0 Å². The van der Waals surface area contributed by atoms with E-state index in [1.165, 1.54) is 32.4 Å². The van der Waals surface area contributed by atoms with Gasteiger partial charge in [-0.2, -0.15) is 0 Å². The number of rotatable bonds is 5. The monoisotopic (exact) mass is 236 g/mol. The summed E-state index contributed by atoms with van der Waals surface area (Å²) in [5, 5.41) is 3.64. The highest BCUT2D eigenvalue weighted by Crippen LogP contribution is 2.14. The Bertz CT molecular complexity index is 242. The van der Waals surface area contributed by atoms with Crippen LogP contribution in [0.2, 0.25) is 0 Å². The molecule has 17 heavy (non-hydrogen) atoms. The maximum Gasteiger partial charge on any atom is 0.0688 e. The number of hydrogen-bond donors (Lipinski definition) is 1. The van der Waals surface area contributed by atoms with Gasteiger partial charge in [-0.05, 0) is 52.6 Å². The molecular formula is C15H28N2. The Kier molecular flexibility index (Phi) is 6.62. The lowest BCUT2D eigenvalue weighted by Gasteiger charge is -2.25. The van der Waals surface area contributed by atoms with Crippen LogP contribution in [0.1, 0.15) is 52.9 Å². The Labute approximate surface area is 107 Å². The Balaban J connectivity index is 2.38. The van der Waals surface area contributed by atoms with Crippen molar-refractivity contribution >= 4 is 0 Å². The minimum atomic E-state index is 0.274. The average Bonchev–Trinajstić information content (AvgIpc) is 2.54. The van der Waals surface area contributed by atoms with Crippen LogP contribution in [0, 0.1) is 12.3 Å². The second-order valence-electron chi connectivity index (χ2n) is 5.43. The van der Waals surface area contributed by atoms with Gasteiger partial charge >= 0.3 is 0 Å². The van der Waals surface area contributed by atoms with Crippen LogP contribution < -0.4 is 5.32 Å². The number of nitrogens with zero attached hydrogens (tertiary/aromatic N) is 1. The van der Waals surface area contributed by atoms with Gasteiger partial charge in [0.1, 0.15) is 0 Å². The van der Waals surface area contributed by atoms with Crippen molar-refractivity contribution in [2.75, 3.05) is 13.1 Å². The summed E-state index contributed by atoms with van der Waals surface area (Å²) in [6.07, 6.45) is 11.6. The number of terminal acetylenes is 1. The molecule has 0 aromatic carbocycles. The highest BCUT2D eigenvalue weighted by atomic mass is 15.1. The molecule has 1 heterocycles. The summed E-state index contributed by atoms with van der Waals surface area (Å²) in [7, 11) is 0.